The van der Waals surface area contributed by atoms with Crippen molar-refractivity contribution in [3.05, 3.63) is 12.2 Å². The smallest absolute Gasteiger partial charge is 0.243 e. The van der Waals surface area contributed by atoms with Gasteiger partial charge in [0.1, 0.15) is 0 Å². The van der Waals surface area contributed by atoms with Crippen LogP contribution in [0.1, 0.15) is 88.0 Å². The maximum absolute atomic E-state index is 12.5. The summed E-state index contributed by atoms with van der Waals surface area (Å²) in [5.74, 6) is 0.0121. The van der Waals surface area contributed by atoms with Gasteiger partial charge in [-0.1, -0.05) is 6.08 Å². The van der Waals surface area contributed by atoms with Gasteiger partial charge < -0.3 is 21.3 Å². The highest BCUT2D eigenvalue weighted by Crippen LogP contribution is 2.29. The number of carbonyl (C=O) groups excluding carboxylic acids is 1. The van der Waals surface area contributed by atoms with Crippen molar-refractivity contribution in [2.75, 3.05) is 0 Å². The van der Waals surface area contributed by atoms with Crippen molar-refractivity contribution in [3.8, 4) is 0 Å². The lowest BCUT2D eigenvalue weighted by Gasteiger charge is -2.47. The molecule has 5 nitrogen and oxygen atoms in total. The van der Waals surface area contributed by atoms with Crippen LogP contribution in [0.2, 0.25) is 0 Å². The lowest BCUT2D eigenvalue weighted by atomic mass is 9.79. The number of hydrogen-bond donors (Lipinski definition) is 4. The van der Waals surface area contributed by atoms with Crippen molar-refractivity contribution in [1.82, 2.24) is 21.3 Å². The molecule has 0 aliphatic carbocycles. The maximum atomic E-state index is 12.5. The third-order valence-electron chi connectivity index (χ3n) is 5.76. The van der Waals surface area contributed by atoms with Crippen molar-refractivity contribution < 1.29 is 4.79 Å². The molecule has 2 heterocycles. The number of hydrogen-bond acceptors (Lipinski definition) is 4. The molecule has 0 radical (unpaired) electrons. The Morgan fingerprint density at radius 3 is 1.64 bits per heavy atom. The molecule has 2 aliphatic heterocycles. The molecular formula is C23H44N4O. The molecule has 2 rings (SSSR count). The molecule has 0 bridgehead atoms. The fraction of sp³-hybridized carbons (Fsp3) is 0.870. The number of nitrogens with one attached hydrogen (secondary N) is 4. The van der Waals surface area contributed by atoms with E-state index in [1.165, 1.54) is 0 Å². The van der Waals surface area contributed by atoms with E-state index in [1.54, 1.807) is 6.08 Å². The molecule has 4 N–H and O–H groups in total. The highest BCUT2D eigenvalue weighted by molar-refractivity contribution is 5.87. The topological polar surface area (TPSA) is 65.2 Å². The zero-order chi connectivity index (χ0) is 21.4. The number of carbonyl (C=O) groups is 1. The quantitative estimate of drug-likeness (QED) is 0.542. The van der Waals surface area contributed by atoms with Crippen LogP contribution in [0.15, 0.2) is 12.2 Å². The number of piperidine rings is 2. The fourth-order valence-electron chi connectivity index (χ4n) is 5.77. The van der Waals surface area contributed by atoms with Gasteiger partial charge in [-0.3, -0.25) is 4.79 Å². The van der Waals surface area contributed by atoms with Crippen molar-refractivity contribution >= 4 is 5.91 Å². The molecular weight excluding hydrogens is 348 g/mol. The highest BCUT2D eigenvalue weighted by Gasteiger charge is 2.39. The van der Waals surface area contributed by atoms with Gasteiger partial charge in [-0.15, -0.1) is 0 Å². The first-order valence-corrected chi connectivity index (χ1v) is 10.9. The van der Waals surface area contributed by atoms with E-state index in [0.29, 0.717) is 6.04 Å². The van der Waals surface area contributed by atoms with E-state index < -0.39 is 0 Å². The van der Waals surface area contributed by atoms with Gasteiger partial charge in [-0.25, -0.2) is 0 Å². The Kier molecular flexibility index (Phi) is 6.74. The van der Waals surface area contributed by atoms with Crippen molar-refractivity contribution in [2.45, 2.75) is 128 Å². The molecule has 0 aromatic carbocycles. The van der Waals surface area contributed by atoms with Gasteiger partial charge in [0.15, 0.2) is 0 Å². The summed E-state index contributed by atoms with van der Waals surface area (Å²) < 4.78 is 0. The van der Waals surface area contributed by atoms with Crippen molar-refractivity contribution in [1.29, 1.82) is 0 Å². The third kappa shape index (κ3) is 7.49. The summed E-state index contributed by atoms with van der Waals surface area (Å²) >= 11 is 0. The van der Waals surface area contributed by atoms with E-state index in [4.69, 9.17) is 0 Å². The first-order valence-electron chi connectivity index (χ1n) is 10.9. The van der Waals surface area contributed by atoms with E-state index in [9.17, 15) is 4.79 Å². The fourth-order valence-corrected chi connectivity index (χ4v) is 5.77. The van der Waals surface area contributed by atoms with Gasteiger partial charge in [0, 0.05) is 46.4 Å². The van der Waals surface area contributed by atoms with Gasteiger partial charge >= 0.3 is 0 Å². The van der Waals surface area contributed by atoms with E-state index in [1.807, 2.05) is 6.08 Å². The summed E-state index contributed by atoms with van der Waals surface area (Å²) in [5.41, 5.74) is 0.309. The van der Waals surface area contributed by atoms with E-state index in [2.05, 4.69) is 83.6 Å². The van der Waals surface area contributed by atoms with Crippen LogP contribution in [-0.4, -0.2) is 46.2 Å². The molecule has 162 valence electrons. The SMILES string of the molecule is C[C@H](/C=C\C(=O)NC1CC(C)(C)NC(C)(C)C1)NC1CC(C)(C)NC(C)(C)C1. The van der Waals surface area contributed by atoms with Crippen LogP contribution in [0.25, 0.3) is 0 Å². The van der Waals surface area contributed by atoms with Crippen molar-refractivity contribution in [2.24, 2.45) is 0 Å². The van der Waals surface area contributed by atoms with Crippen LogP contribution in [0.5, 0.6) is 0 Å². The summed E-state index contributed by atoms with van der Waals surface area (Å²) in [4.78, 5) is 12.5. The molecule has 1 amide bonds. The summed E-state index contributed by atoms with van der Waals surface area (Å²) in [6, 6.07) is 0.819. The second-order valence-corrected chi connectivity index (χ2v) is 11.8. The average molecular weight is 393 g/mol. The van der Waals surface area contributed by atoms with Crippen LogP contribution in [0.3, 0.4) is 0 Å². The molecule has 0 aromatic heterocycles. The van der Waals surface area contributed by atoms with Crippen LogP contribution in [0, 0.1) is 0 Å². The first-order chi connectivity index (χ1) is 12.6. The highest BCUT2D eigenvalue weighted by atomic mass is 16.1. The van der Waals surface area contributed by atoms with Gasteiger partial charge in [0.25, 0.3) is 0 Å². The molecule has 0 unspecified atom stereocenters. The summed E-state index contributed by atoms with van der Waals surface area (Å²) in [6.07, 6.45) is 7.76. The summed E-state index contributed by atoms with van der Waals surface area (Å²) in [5, 5.41) is 14.3. The molecule has 1 atom stereocenters. The zero-order valence-corrected chi connectivity index (χ0v) is 19.6. The molecule has 0 saturated carbocycles. The largest absolute Gasteiger partial charge is 0.350 e. The van der Waals surface area contributed by atoms with Crippen LogP contribution >= 0.6 is 0 Å². The van der Waals surface area contributed by atoms with Gasteiger partial charge in [0.05, 0.1) is 0 Å². The number of amides is 1. The minimum Gasteiger partial charge on any atom is -0.350 e. The van der Waals surface area contributed by atoms with E-state index in [0.717, 1.165) is 25.7 Å². The van der Waals surface area contributed by atoms with Crippen LogP contribution in [0.4, 0.5) is 0 Å². The van der Waals surface area contributed by atoms with Gasteiger partial charge in [-0.2, -0.15) is 0 Å². The maximum Gasteiger partial charge on any atom is 0.243 e. The Labute approximate surface area is 172 Å². The Balaban J connectivity index is 1.86. The average Bonchev–Trinajstić information content (AvgIpc) is 2.37. The standard InChI is InChI=1S/C23H44N4O/c1-16(24-17-12-20(2,3)26-21(4,5)13-17)10-11-19(28)25-18-14-22(6,7)27-23(8,9)15-18/h10-11,16-18,24,26-27H,12-15H2,1-9H3,(H,25,28)/b11-10-/t16-/m1/s1. The molecule has 2 fully saturated rings. The first kappa shape index (κ1) is 23.4. The second-order valence-electron chi connectivity index (χ2n) is 11.8. The predicted octanol–water partition coefficient (Wildman–Crippen LogP) is 3.26. The monoisotopic (exact) mass is 392 g/mol. The predicted molar refractivity (Wildman–Crippen MR) is 119 cm³/mol. The molecule has 2 aliphatic rings. The van der Waals surface area contributed by atoms with E-state index >= 15 is 0 Å². The Hall–Kier alpha value is -0.910. The lowest BCUT2D eigenvalue weighted by Crippen LogP contribution is -2.62. The Morgan fingerprint density at radius 1 is 0.821 bits per heavy atom. The van der Waals surface area contributed by atoms with Gasteiger partial charge in [0.2, 0.25) is 5.91 Å². The molecule has 5 heteroatoms. The molecule has 0 spiro atoms. The molecule has 28 heavy (non-hydrogen) atoms. The summed E-state index contributed by atoms with van der Waals surface area (Å²) in [7, 11) is 0. The second kappa shape index (κ2) is 8.08. The number of rotatable bonds is 5. The van der Waals surface area contributed by atoms with Crippen LogP contribution < -0.4 is 21.3 Å². The Morgan fingerprint density at radius 2 is 1.21 bits per heavy atom. The zero-order valence-electron chi connectivity index (χ0n) is 19.6. The van der Waals surface area contributed by atoms with Gasteiger partial charge in [-0.05, 0) is 88.0 Å². The van der Waals surface area contributed by atoms with E-state index in [-0.39, 0.29) is 40.1 Å². The van der Waals surface area contributed by atoms with Crippen LogP contribution in [-0.2, 0) is 4.79 Å². The third-order valence-corrected chi connectivity index (χ3v) is 5.76. The molecule has 0 aromatic rings. The lowest BCUT2D eigenvalue weighted by molar-refractivity contribution is -0.117. The molecule has 2 saturated heterocycles. The van der Waals surface area contributed by atoms with Crippen molar-refractivity contribution in [3.63, 3.8) is 0 Å². The minimum absolute atomic E-state index is 0.0121. The minimum atomic E-state index is 0.0121. The summed E-state index contributed by atoms with van der Waals surface area (Å²) in [6.45, 7) is 20.0. The Bertz CT molecular complexity index is 559. The normalized spacial score (nSPS) is 28.2.